The number of hydrogen-bond acceptors (Lipinski definition) is 5. The molecule has 0 heterocycles. The molecule has 0 fully saturated rings. The van der Waals surface area contributed by atoms with Gasteiger partial charge in [-0.1, -0.05) is 12.1 Å². The van der Waals surface area contributed by atoms with Gasteiger partial charge in [0.1, 0.15) is 11.6 Å². The maximum Gasteiger partial charge on any atom is 0.270 e. The SMILES string of the molecule is CN(Cc1ccc(F)cc1F)C(=O)c1ccc(NS(=O)(=O)c2cccc([N+](=O)[O-])c2)cc1. The Morgan fingerprint density at radius 2 is 1.75 bits per heavy atom. The van der Waals surface area contributed by atoms with E-state index in [0.717, 1.165) is 18.2 Å². The van der Waals surface area contributed by atoms with Gasteiger partial charge in [-0.25, -0.2) is 17.2 Å². The molecule has 0 aliphatic carbocycles. The topological polar surface area (TPSA) is 110 Å². The number of nitro groups is 1. The van der Waals surface area contributed by atoms with Crippen LogP contribution in [-0.4, -0.2) is 31.2 Å². The number of non-ortho nitro benzene ring substituents is 1. The number of anilines is 1. The first-order chi connectivity index (χ1) is 15.1. The van der Waals surface area contributed by atoms with Gasteiger partial charge < -0.3 is 4.90 Å². The summed E-state index contributed by atoms with van der Waals surface area (Å²) >= 11 is 0. The third-order valence-electron chi connectivity index (χ3n) is 4.49. The molecular formula is C21H17F2N3O5S. The van der Waals surface area contributed by atoms with Crippen LogP contribution in [0.25, 0.3) is 0 Å². The molecule has 0 bridgehead atoms. The van der Waals surface area contributed by atoms with Crippen molar-refractivity contribution in [3.63, 3.8) is 0 Å². The standard InChI is InChI=1S/C21H17F2N3O5S/c1-25(13-15-5-8-16(22)11-20(15)23)21(27)14-6-9-17(10-7-14)24-32(30,31)19-4-2-3-18(12-19)26(28)29/h2-12,24H,13H2,1H3. The summed E-state index contributed by atoms with van der Waals surface area (Å²) in [6.45, 7) is -0.0912. The molecule has 0 aliphatic rings. The molecule has 0 atom stereocenters. The number of halogens is 2. The van der Waals surface area contributed by atoms with Crippen molar-refractivity contribution in [2.24, 2.45) is 0 Å². The molecule has 32 heavy (non-hydrogen) atoms. The van der Waals surface area contributed by atoms with Crippen molar-refractivity contribution >= 4 is 27.3 Å². The summed E-state index contributed by atoms with van der Waals surface area (Å²) in [7, 11) is -2.64. The lowest BCUT2D eigenvalue weighted by atomic mass is 10.1. The average molecular weight is 461 g/mol. The quantitative estimate of drug-likeness (QED) is 0.423. The fourth-order valence-corrected chi connectivity index (χ4v) is 3.95. The van der Waals surface area contributed by atoms with Crippen LogP contribution in [0.1, 0.15) is 15.9 Å². The Morgan fingerprint density at radius 1 is 1.06 bits per heavy atom. The predicted molar refractivity (Wildman–Crippen MR) is 113 cm³/mol. The molecule has 3 aromatic carbocycles. The van der Waals surface area contributed by atoms with E-state index < -0.39 is 32.5 Å². The number of benzene rings is 3. The van der Waals surface area contributed by atoms with Gasteiger partial charge in [0.25, 0.3) is 21.6 Å². The number of sulfonamides is 1. The van der Waals surface area contributed by atoms with E-state index in [4.69, 9.17) is 0 Å². The van der Waals surface area contributed by atoms with Crippen molar-refractivity contribution in [3.05, 3.63) is 99.6 Å². The highest BCUT2D eigenvalue weighted by molar-refractivity contribution is 7.92. The van der Waals surface area contributed by atoms with Crippen LogP contribution in [0.3, 0.4) is 0 Å². The Kier molecular flexibility index (Phi) is 6.49. The van der Waals surface area contributed by atoms with Gasteiger partial charge in [-0.2, -0.15) is 0 Å². The summed E-state index contributed by atoms with van der Waals surface area (Å²) in [5.41, 5.74) is 0.131. The van der Waals surface area contributed by atoms with Crippen LogP contribution in [0, 0.1) is 21.7 Å². The van der Waals surface area contributed by atoms with Crippen LogP contribution in [0.15, 0.2) is 71.6 Å². The van der Waals surface area contributed by atoms with Gasteiger partial charge in [0, 0.05) is 48.6 Å². The van der Waals surface area contributed by atoms with Crippen LogP contribution >= 0.6 is 0 Å². The zero-order valence-corrected chi connectivity index (χ0v) is 17.5. The smallest absolute Gasteiger partial charge is 0.270 e. The lowest BCUT2D eigenvalue weighted by Crippen LogP contribution is -2.26. The van der Waals surface area contributed by atoms with Crippen LogP contribution in [0.4, 0.5) is 20.2 Å². The van der Waals surface area contributed by atoms with Crippen LogP contribution in [0.5, 0.6) is 0 Å². The van der Waals surface area contributed by atoms with Crippen LogP contribution < -0.4 is 4.72 Å². The highest BCUT2D eigenvalue weighted by atomic mass is 32.2. The molecule has 0 unspecified atom stereocenters. The normalized spacial score (nSPS) is 11.1. The molecule has 11 heteroatoms. The van der Waals surface area contributed by atoms with E-state index in [1.54, 1.807) is 0 Å². The monoisotopic (exact) mass is 461 g/mol. The van der Waals surface area contributed by atoms with Gasteiger partial charge >= 0.3 is 0 Å². The third-order valence-corrected chi connectivity index (χ3v) is 5.87. The van der Waals surface area contributed by atoms with Crippen molar-refractivity contribution in [1.29, 1.82) is 0 Å². The summed E-state index contributed by atoms with van der Waals surface area (Å²) in [6, 6.07) is 13.1. The van der Waals surface area contributed by atoms with Crippen molar-refractivity contribution in [3.8, 4) is 0 Å². The molecular weight excluding hydrogens is 444 g/mol. The van der Waals surface area contributed by atoms with E-state index in [1.165, 1.54) is 60.5 Å². The predicted octanol–water partition coefficient (Wildman–Crippen LogP) is 3.95. The summed E-state index contributed by atoms with van der Waals surface area (Å²) in [6.07, 6.45) is 0. The minimum Gasteiger partial charge on any atom is -0.337 e. The van der Waals surface area contributed by atoms with E-state index in [0.29, 0.717) is 0 Å². The number of carbonyl (C=O) groups is 1. The van der Waals surface area contributed by atoms with Gasteiger partial charge in [0.15, 0.2) is 0 Å². The van der Waals surface area contributed by atoms with Crippen molar-refractivity contribution < 1.29 is 26.9 Å². The summed E-state index contributed by atoms with van der Waals surface area (Å²) in [4.78, 5) is 23.7. The molecule has 3 aromatic rings. The lowest BCUT2D eigenvalue weighted by Gasteiger charge is -2.18. The fraction of sp³-hybridized carbons (Fsp3) is 0.0952. The number of nitro benzene ring substituents is 1. The van der Waals surface area contributed by atoms with E-state index >= 15 is 0 Å². The number of nitrogens with zero attached hydrogens (tertiary/aromatic N) is 2. The Morgan fingerprint density at radius 3 is 2.38 bits per heavy atom. The molecule has 0 aliphatic heterocycles. The molecule has 8 nitrogen and oxygen atoms in total. The minimum absolute atomic E-state index is 0.0912. The van der Waals surface area contributed by atoms with Gasteiger partial charge in [-0.15, -0.1) is 0 Å². The fourth-order valence-electron chi connectivity index (χ4n) is 2.86. The zero-order valence-electron chi connectivity index (χ0n) is 16.7. The van der Waals surface area contributed by atoms with E-state index in [-0.39, 0.29) is 33.9 Å². The maximum absolute atomic E-state index is 13.8. The summed E-state index contributed by atoms with van der Waals surface area (Å²) in [5, 5.41) is 10.9. The second-order valence-corrected chi connectivity index (χ2v) is 8.52. The first-order valence-electron chi connectivity index (χ1n) is 9.13. The van der Waals surface area contributed by atoms with E-state index in [2.05, 4.69) is 4.72 Å². The van der Waals surface area contributed by atoms with E-state index in [1.807, 2.05) is 0 Å². The van der Waals surface area contributed by atoms with Crippen molar-refractivity contribution in [2.45, 2.75) is 11.4 Å². The van der Waals surface area contributed by atoms with Crippen molar-refractivity contribution in [1.82, 2.24) is 4.90 Å². The number of carbonyl (C=O) groups excluding carboxylic acids is 1. The number of amides is 1. The molecule has 0 radical (unpaired) electrons. The maximum atomic E-state index is 13.8. The Balaban J connectivity index is 1.72. The highest BCUT2D eigenvalue weighted by Gasteiger charge is 2.19. The van der Waals surface area contributed by atoms with E-state index in [9.17, 15) is 32.1 Å². The summed E-state index contributed by atoms with van der Waals surface area (Å²) in [5.74, 6) is -1.94. The van der Waals surface area contributed by atoms with Crippen LogP contribution in [0.2, 0.25) is 0 Å². The average Bonchev–Trinajstić information content (AvgIpc) is 2.75. The second kappa shape index (κ2) is 9.10. The molecule has 0 saturated carbocycles. The van der Waals surface area contributed by atoms with Gasteiger partial charge in [-0.05, 0) is 36.4 Å². The van der Waals surface area contributed by atoms with Gasteiger partial charge in [-0.3, -0.25) is 19.6 Å². The Bertz CT molecular complexity index is 1280. The number of hydrogen-bond donors (Lipinski definition) is 1. The zero-order chi connectivity index (χ0) is 23.5. The van der Waals surface area contributed by atoms with Gasteiger partial charge in [0.2, 0.25) is 0 Å². The molecule has 0 saturated heterocycles. The second-order valence-electron chi connectivity index (χ2n) is 6.83. The molecule has 0 aromatic heterocycles. The minimum atomic E-state index is -4.09. The third kappa shape index (κ3) is 5.24. The van der Waals surface area contributed by atoms with Crippen molar-refractivity contribution in [2.75, 3.05) is 11.8 Å². The Labute approximate surface area is 182 Å². The molecule has 3 rings (SSSR count). The molecule has 166 valence electrons. The highest BCUT2D eigenvalue weighted by Crippen LogP contribution is 2.21. The molecule has 1 amide bonds. The number of rotatable bonds is 7. The molecule has 1 N–H and O–H groups in total. The first kappa shape index (κ1) is 22.8. The van der Waals surface area contributed by atoms with Crippen LogP contribution in [-0.2, 0) is 16.6 Å². The number of nitrogens with one attached hydrogen (secondary N) is 1. The molecule has 0 spiro atoms. The first-order valence-corrected chi connectivity index (χ1v) is 10.6. The largest absolute Gasteiger partial charge is 0.337 e. The summed E-state index contributed by atoms with van der Waals surface area (Å²) < 4.78 is 54.1. The Hall–Kier alpha value is -3.86. The van der Waals surface area contributed by atoms with Gasteiger partial charge in [0.05, 0.1) is 9.82 Å². The lowest BCUT2D eigenvalue weighted by molar-refractivity contribution is -0.385.